The van der Waals surface area contributed by atoms with Crippen molar-refractivity contribution in [1.29, 1.82) is 0 Å². The number of pyridine rings is 2. The molecule has 1 unspecified atom stereocenters. The average molecular weight is 390 g/mol. The van der Waals surface area contributed by atoms with Crippen LogP contribution < -0.4 is 5.56 Å². The highest BCUT2D eigenvalue weighted by atomic mass is 16.3. The van der Waals surface area contributed by atoms with Gasteiger partial charge >= 0.3 is 0 Å². The quantitative estimate of drug-likeness (QED) is 0.526. The Morgan fingerprint density at radius 1 is 1.17 bits per heavy atom. The molecule has 5 heteroatoms. The van der Waals surface area contributed by atoms with Crippen LogP contribution in [0.15, 0.2) is 23.0 Å². The third-order valence-corrected chi connectivity index (χ3v) is 6.11. The monoisotopic (exact) mass is 390 g/mol. The zero-order valence-corrected chi connectivity index (χ0v) is 17.4. The topological polar surface area (TPSA) is 72.2 Å². The molecule has 3 aromatic rings. The summed E-state index contributed by atoms with van der Waals surface area (Å²) in [5.41, 5.74) is 7.89. The van der Waals surface area contributed by atoms with E-state index in [1.54, 1.807) is 10.6 Å². The lowest BCUT2D eigenvalue weighted by Crippen LogP contribution is -2.26. The Labute approximate surface area is 170 Å². The summed E-state index contributed by atoms with van der Waals surface area (Å²) in [6.07, 6.45) is 1.33. The zero-order valence-electron chi connectivity index (χ0n) is 17.4. The molecule has 4 rings (SSSR count). The molecule has 5 nitrogen and oxygen atoms in total. The first-order valence-electron chi connectivity index (χ1n) is 10.2. The van der Waals surface area contributed by atoms with Gasteiger partial charge in [-0.2, -0.15) is 0 Å². The molecule has 0 saturated heterocycles. The number of benzene rings is 1. The molecule has 1 aliphatic heterocycles. The van der Waals surface area contributed by atoms with Crippen LogP contribution >= 0.6 is 0 Å². The zero-order chi connectivity index (χ0) is 20.9. The van der Waals surface area contributed by atoms with Gasteiger partial charge in [-0.15, -0.1) is 0 Å². The van der Waals surface area contributed by atoms with Crippen molar-refractivity contribution in [2.75, 3.05) is 0 Å². The molecule has 0 spiro atoms. The second-order valence-electron chi connectivity index (χ2n) is 7.91. The summed E-state index contributed by atoms with van der Waals surface area (Å²) in [4.78, 5) is 29.5. The van der Waals surface area contributed by atoms with Gasteiger partial charge in [0.15, 0.2) is 6.29 Å². The number of nitrogens with zero attached hydrogens (tertiary/aromatic N) is 2. The number of aliphatic hydroxyl groups is 1. The number of rotatable bonds is 5. The van der Waals surface area contributed by atoms with Gasteiger partial charge < -0.3 is 14.5 Å². The SMILES string of the molecule is CCCc1c(C(O)C=O)cc2n(c1=O)Cc1c-2nc2cc(C)c(C)cc2c1CC. The molecule has 29 heavy (non-hydrogen) atoms. The lowest BCUT2D eigenvalue weighted by Gasteiger charge is -2.14. The fourth-order valence-corrected chi connectivity index (χ4v) is 4.47. The minimum Gasteiger partial charge on any atom is -0.381 e. The van der Waals surface area contributed by atoms with E-state index in [1.807, 2.05) is 6.92 Å². The van der Waals surface area contributed by atoms with Gasteiger partial charge in [-0.1, -0.05) is 20.3 Å². The molecular formula is C24H26N2O3. The number of aliphatic hydroxyl groups excluding tert-OH is 1. The van der Waals surface area contributed by atoms with Crippen LogP contribution in [0.2, 0.25) is 0 Å². The van der Waals surface area contributed by atoms with Crippen LogP contribution in [0.1, 0.15) is 59.8 Å². The molecule has 1 aromatic carbocycles. The highest BCUT2D eigenvalue weighted by Crippen LogP contribution is 2.37. The van der Waals surface area contributed by atoms with Gasteiger partial charge in [0.2, 0.25) is 0 Å². The van der Waals surface area contributed by atoms with Gasteiger partial charge in [0.1, 0.15) is 6.10 Å². The van der Waals surface area contributed by atoms with Crippen molar-refractivity contribution in [3.05, 3.63) is 61.9 Å². The smallest absolute Gasteiger partial charge is 0.254 e. The van der Waals surface area contributed by atoms with Crippen molar-refractivity contribution < 1.29 is 9.90 Å². The van der Waals surface area contributed by atoms with Gasteiger partial charge in [-0.25, -0.2) is 4.98 Å². The molecule has 0 saturated carbocycles. The Balaban J connectivity index is 2.05. The number of carbonyl (C=O) groups is 1. The number of hydrogen-bond acceptors (Lipinski definition) is 4. The first-order chi connectivity index (χ1) is 13.9. The van der Waals surface area contributed by atoms with E-state index in [4.69, 9.17) is 4.98 Å². The molecular weight excluding hydrogens is 364 g/mol. The highest BCUT2D eigenvalue weighted by Gasteiger charge is 2.29. The number of carbonyl (C=O) groups excluding carboxylic acids is 1. The van der Waals surface area contributed by atoms with Crippen molar-refractivity contribution in [1.82, 2.24) is 9.55 Å². The predicted octanol–water partition coefficient (Wildman–Crippen LogP) is 3.79. The minimum atomic E-state index is -1.30. The minimum absolute atomic E-state index is 0.128. The van der Waals surface area contributed by atoms with E-state index in [0.29, 0.717) is 36.1 Å². The number of fused-ring (bicyclic) bond motifs is 4. The number of aromatic nitrogens is 2. The third kappa shape index (κ3) is 2.92. The van der Waals surface area contributed by atoms with Crippen molar-refractivity contribution in [2.45, 2.75) is 59.6 Å². The summed E-state index contributed by atoms with van der Waals surface area (Å²) in [6.45, 7) is 8.77. The molecule has 2 aromatic heterocycles. The molecule has 1 aliphatic rings. The van der Waals surface area contributed by atoms with Gasteiger partial charge in [0.25, 0.3) is 5.56 Å². The molecule has 0 bridgehead atoms. The largest absolute Gasteiger partial charge is 0.381 e. The van der Waals surface area contributed by atoms with E-state index in [9.17, 15) is 14.7 Å². The van der Waals surface area contributed by atoms with Crippen molar-refractivity contribution in [3.63, 3.8) is 0 Å². The van der Waals surface area contributed by atoms with Crippen molar-refractivity contribution >= 4 is 17.2 Å². The lowest BCUT2D eigenvalue weighted by atomic mass is 9.95. The van der Waals surface area contributed by atoms with E-state index in [0.717, 1.165) is 35.0 Å². The summed E-state index contributed by atoms with van der Waals surface area (Å²) in [5, 5.41) is 11.4. The second-order valence-corrected chi connectivity index (χ2v) is 7.91. The summed E-state index contributed by atoms with van der Waals surface area (Å²) < 4.78 is 1.75. The molecule has 3 heterocycles. The maximum absolute atomic E-state index is 13.3. The summed E-state index contributed by atoms with van der Waals surface area (Å²) >= 11 is 0. The van der Waals surface area contributed by atoms with Gasteiger partial charge in [0, 0.05) is 16.5 Å². The second kappa shape index (κ2) is 7.23. The Morgan fingerprint density at radius 2 is 1.90 bits per heavy atom. The summed E-state index contributed by atoms with van der Waals surface area (Å²) in [6, 6.07) is 6.07. The van der Waals surface area contributed by atoms with Crippen LogP contribution in [0.3, 0.4) is 0 Å². The van der Waals surface area contributed by atoms with Gasteiger partial charge in [0.05, 0.1) is 23.4 Å². The lowest BCUT2D eigenvalue weighted by molar-refractivity contribution is -0.115. The Morgan fingerprint density at radius 3 is 2.55 bits per heavy atom. The van der Waals surface area contributed by atoms with Crippen LogP contribution in [0, 0.1) is 13.8 Å². The Kier molecular flexibility index (Phi) is 4.87. The predicted molar refractivity (Wildman–Crippen MR) is 114 cm³/mol. The number of hydrogen-bond donors (Lipinski definition) is 1. The highest BCUT2D eigenvalue weighted by molar-refractivity contribution is 5.89. The molecule has 0 amide bonds. The Bertz CT molecular complexity index is 1210. The summed E-state index contributed by atoms with van der Waals surface area (Å²) in [7, 11) is 0. The van der Waals surface area contributed by atoms with Crippen molar-refractivity contribution in [3.8, 4) is 11.4 Å². The molecule has 0 aliphatic carbocycles. The molecule has 0 radical (unpaired) electrons. The van der Waals surface area contributed by atoms with Crippen LogP contribution in [-0.4, -0.2) is 20.9 Å². The molecule has 1 atom stereocenters. The molecule has 0 fully saturated rings. The summed E-state index contributed by atoms with van der Waals surface area (Å²) in [5.74, 6) is 0. The van der Waals surface area contributed by atoms with E-state index >= 15 is 0 Å². The number of aryl methyl sites for hydroxylation is 3. The van der Waals surface area contributed by atoms with Crippen LogP contribution in [0.5, 0.6) is 0 Å². The average Bonchev–Trinajstić information content (AvgIpc) is 3.07. The van der Waals surface area contributed by atoms with E-state index in [1.165, 1.54) is 16.7 Å². The van der Waals surface area contributed by atoms with Gasteiger partial charge in [-0.05, 0) is 67.1 Å². The van der Waals surface area contributed by atoms with Crippen molar-refractivity contribution in [2.24, 2.45) is 0 Å². The fourth-order valence-electron chi connectivity index (χ4n) is 4.47. The fraction of sp³-hybridized carbons (Fsp3) is 0.375. The normalized spacial score (nSPS) is 13.4. The standard InChI is InChI=1S/C24H26N2O3/c1-5-7-16-18(22(28)12-27)10-21-23-19(11-26(21)24(16)29)15(6-2)17-8-13(3)14(4)9-20(17)25-23/h8-10,12,22,28H,5-7,11H2,1-4H3. The molecule has 150 valence electrons. The maximum Gasteiger partial charge on any atom is 0.254 e. The first-order valence-corrected chi connectivity index (χ1v) is 10.2. The third-order valence-electron chi connectivity index (χ3n) is 6.11. The van der Waals surface area contributed by atoms with Crippen LogP contribution in [-0.2, 0) is 24.2 Å². The first kappa shape index (κ1) is 19.5. The number of aldehydes is 1. The van der Waals surface area contributed by atoms with E-state index < -0.39 is 6.10 Å². The van der Waals surface area contributed by atoms with Gasteiger partial charge in [-0.3, -0.25) is 4.79 Å². The Hall–Kier alpha value is -2.79. The van der Waals surface area contributed by atoms with Crippen LogP contribution in [0.4, 0.5) is 0 Å². The van der Waals surface area contributed by atoms with E-state index in [-0.39, 0.29) is 5.56 Å². The van der Waals surface area contributed by atoms with E-state index in [2.05, 4.69) is 32.9 Å². The maximum atomic E-state index is 13.3. The van der Waals surface area contributed by atoms with Crippen LogP contribution in [0.25, 0.3) is 22.3 Å². The molecule has 1 N–H and O–H groups in total.